The minimum atomic E-state index is -1.17. The van der Waals surface area contributed by atoms with Gasteiger partial charge in [-0.2, -0.15) is 0 Å². The molecule has 0 aliphatic carbocycles. The maximum atomic E-state index is 14.1. The van der Waals surface area contributed by atoms with Gasteiger partial charge in [0.25, 0.3) is 0 Å². The van der Waals surface area contributed by atoms with Crippen molar-refractivity contribution in [3.05, 3.63) is 35.9 Å². The second-order valence-electron chi connectivity index (χ2n) is 14.6. The Hall–Kier alpha value is -3.55. The van der Waals surface area contributed by atoms with Gasteiger partial charge in [-0.1, -0.05) is 71.4 Å². The first kappa shape index (κ1) is 42.6. The summed E-state index contributed by atoms with van der Waals surface area (Å²) >= 11 is 0. The van der Waals surface area contributed by atoms with Crippen molar-refractivity contribution in [1.29, 1.82) is 0 Å². The van der Waals surface area contributed by atoms with Gasteiger partial charge in [0.2, 0.25) is 23.6 Å². The lowest BCUT2D eigenvalue weighted by Crippen LogP contribution is -2.60. The zero-order chi connectivity index (χ0) is 37.9. The third kappa shape index (κ3) is 11.2. The lowest BCUT2D eigenvalue weighted by molar-refractivity contribution is -0.148. The summed E-state index contributed by atoms with van der Waals surface area (Å²) in [5.74, 6) is -3.60. The van der Waals surface area contributed by atoms with Gasteiger partial charge in [0, 0.05) is 34.2 Å². The zero-order valence-electron chi connectivity index (χ0n) is 31.6. The fourth-order valence-electron chi connectivity index (χ4n) is 6.72. The molecule has 1 aliphatic heterocycles. The van der Waals surface area contributed by atoms with Crippen molar-refractivity contribution in [2.75, 3.05) is 27.8 Å². The number of ether oxygens (including phenoxy) is 2. The van der Waals surface area contributed by atoms with Gasteiger partial charge in [0.05, 0.1) is 42.2 Å². The fraction of sp³-hybridized carbons (Fsp3) is 0.703. The second kappa shape index (κ2) is 19.2. The monoisotopic (exact) mass is 703 g/mol. The van der Waals surface area contributed by atoms with Gasteiger partial charge in [-0.25, -0.2) is 4.79 Å². The number of likely N-dealkylation sites (tertiary alicyclic amines) is 1. The molecule has 13 nitrogen and oxygen atoms in total. The summed E-state index contributed by atoms with van der Waals surface area (Å²) in [6.07, 6.45) is 0.757. The number of hydrogen-bond donors (Lipinski definition) is 4. The van der Waals surface area contributed by atoms with E-state index in [1.807, 2.05) is 45.9 Å². The van der Waals surface area contributed by atoms with Crippen molar-refractivity contribution in [3.63, 3.8) is 0 Å². The number of carboxylic acid groups (broad SMARTS) is 1. The van der Waals surface area contributed by atoms with Crippen molar-refractivity contribution in [2.45, 2.75) is 122 Å². The molecule has 1 saturated heterocycles. The molecule has 0 spiro atoms. The lowest BCUT2D eigenvalue weighted by atomic mass is 9.89. The normalized spacial score (nSPS) is 19.1. The Morgan fingerprint density at radius 1 is 1.04 bits per heavy atom. The molecule has 5 N–H and O–H groups in total. The average molecular weight is 704 g/mol. The standard InChI is InChI=1S/C37H61N5O8/c1-11-23(4)31(41(8)34(45)30(22(2)3)40-36(48)37(6,7)38)28(49-9)21-29(43)42-19-15-18-27(42)32(50-10)24(5)33(44)39-26(35(46)47)20-25-16-13-12-14-17-25/h12-14,16-17,22-24,26-28,30-32H,11,15,18-21,38H2,1-10H3,(H,39,44)(H,40,48)(H,46,47). The van der Waals surface area contributed by atoms with Crippen molar-refractivity contribution in [2.24, 2.45) is 23.5 Å². The van der Waals surface area contributed by atoms with E-state index in [9.17, 15) is 29.1 Å². The van der Waals surface area contributed by atoms with Crippen LogP contribution in [-0.4, -0.2) is 114 Å². The lowest BCUT2D eigenvalue weighted by Gasteiger charge is -2.41. The van der Waals surface area contributed by atoms with Crippen LogP contribution in [0.25, 0.3) is 0 Å². The predicted molar refractivity (Wildman–Crippen MR) is 191 cm³/mol. The van der Waals surface area contributed by atoms with Crippen LogP contribution in [0.15, 0.2) is 30.3 Å². The Kier molecular flexibility index (Phi) is 16.3. The quantitative estimate of drug-likeness (QED) is 0.168. The number of carboxylic acids is 1. The first-order valence-electron chi connectivity index (χ1n) is 17.7. The Morgan fingerprint density at radius 2 is 1.66 bits per heavy atom. The van der Waals surface area contributed by atoms with Crippen LogP contribution in [-0.2, 0) is 39.9 Å². The molecule has 8 atom stereocenters. The minimum absolute atomic E-state index is 0.0245. The molecule has 1 aliphatic rings. The number of benzene rings is 1. The summed E-state index contributed by atoms with van der Waals surface area (Å²) in [7, 11) is 4.68. The fourth-order valence-corrected chi connectivity index (χ4v) is 6.72. The van der Waals surface area contributed by atoms with Gasteiger partial charge in [0.15, 0.2) is 0 Å². The van der Waals surface area contributed by atoms with Crippen molar-refractivity contribution in [1.82, 2.24) is 20.4 Å². The largest absolute Gasteiger partial charge is 0.480 e. The van der Waals surface area contributed by atoms with E-state index < -0.39 is 65.6 Å². The molecule has 282 valence electrons. The Morgan fingerprint density at radius 3 is 2.16 bits per heavy atom. The molecule has 13 heteroatoms. The second-order valence-corrected chi connectivity index (χ2v) is 14.6. The van der Waals surface area contributed by atoms with Gasteiger partial charge in [-0.05, 0) is 44.1 Å². The zero-order valence-corrected chi connectivity index (χ0v) is 31.6. The van der Waals surface area contributed by atoms with E-state index >= 15 is 0 Å². The molecule has 50 heavy (non-hydrogen) atoms. The highest BCUT2D eigenvalue weighted by atomic mass is 16.5. The van der Waals surface area contributed by atoms with Crippen LogP contribution >= 0.6 is 0 Å². The number of carbonyl (C=O) groups excluding carboxylic acids is 4. The number of nitrogens with one attached hydrogen (secondary N) is 2. The molecule has 1 aromatic carbocycles. The average Bonchev–Trinajstić information content (AvgIpc) is 3.55. The smallest absolute Gasteiger partial charge is 0.326 e. The first-order valence-corrected chi connectivity index (χ1v) is 17.7. The molecule has 1 fully saturated rings. The van der Waals surface area contributed by atoms with Gasteiger partial charge in [0.1, 0.15) is 12.1 Å². The molecule has 4 amide bonds. The van der Waals surface area contributed by atoms with Crippen LogP contribution < -0.4 is 16.4 Å². The Bertz CT molecular complexity index is 1290. The molecule has 2 rings (SSSR count). The summed E-state index contributed by atoms with van der Waals surface area (Å²) in [6.45, 7) is 13.0. The number of carbonyl (C=O) groups is 5. The van der Waals surface area contributed by atoms with Crippen molar-refractivity contribution < 1.29 is 38.6 Å². The van der Waals surface area contributed by atoms with Gasteiger partial charge >= 0.3 is 5.97 Å². The minimum Gasteiger partial charge on any atom is -0.480 e. The van der Waals surface area contributed by atoms with Crippen LogP contribution in [0.3, 0.4) is 0 Å². The maximum absolute atomic E-state index is 14.1. The number of nitrogens with two attached hydrogens (primary N) is 1. The SMILES string of the molecule is CCC(C)C(C(CC(=O)N1CCCC1C(OC)C(C)C(=O)NC(Cc1ccccc1)C(=O)O)OC)N(C)C(=O)C(NC(=O)C(C)(C)N)C(C)C. The molecule has 0 saturated carbocycles. The van der Waals surface area contributed by atoms with Crippen LogP contribution in [0.5, 0.6) is 0 Å². The molecular formula is C37H61N5O8. The number of amides is 4. The summed E-state index contributed by atoms with van der Waals surface area (Å²) in [6, 6.07) is 6.19. The number of nitrogens with zero attached hydrogens (tertiary/aromatic N) is 2. The van der Waals surface area contributed by atoms with E-state index in [-0.39, 0.29) is 36.5 Å². The summed E-state index contributed by atoms with van der Waals surface area (Å²) in [4.78, 5) is 69.5. The Labute approximate surface area is 298 Å². The highest BCUT2D eigenvalue weighted by molar-refractivity contribution is 5.92. The topological polar surface area (TPSA) is 181 Å². The van der Waals surface area contributed by atoms with Crippen molar-refractivity contribution in [3.8, 4) is 0 Å². The van der Waals surface area contributed by atoms with Crippen LogP contribution in [0, 0.1) is 17.8 Å². The van der Waals surface area contributed by atoms with E-state index in [0.29, 0.717) is 25.8 Å². The van der Waals surface area contributed by atoms with E-state index in [2.05, 4.69) is 10.6 Å². The number of likely N-dealkylation sites (N-methyl/N-ethyl adjacent to an activating group) is 1. The molecule has 0 aromatic heterocycles. The maximum Gasteiger partial charge on any atom is 0.326 e. The summed E-state index contributed by atoms with van der Waals surface area (Å²) in [5.41, 5.74) is 5.61. The van der Waals surface area contributed by atoms with E-state index in [0.717, 1.165) is 5.56 Å². The van der Waals surface area contributed by atoms with E-state index in [4.69, 9.17) is 15.2 Å². The molecule has 0 bridgehead atoms. The molecular weight excluding hydrogens is 642 g/mol. The molecule has 1 heterocycles. The molecule has 0 radical (unpaired) electrons. The van der Waals surface area contributed by atoms with Crippen LogP contribution in [0.4, 0.5) is 0 Å². The van der Waals surface area contributed by atoms with E-state index in [1.165, 1.54) is 14.2 Å². The van der Waals surface area contributed by atoms with Crippen LogP contribution in [0.1, 0.15) is 79.7 Å². The third-order valence-electron chi connectivity index (χ3n) is 9.96. The van der Waals surface area contributed by atoms with Gasteiger partial charge < -0.3 is 40.7 Å². The highest BCUT2D eigenvalue weighted by Crippen LogP contribution is 2.29. The molecule has 1 aromatic rings. The first-order chi connectivity index (χ1) is 23.4. The molecule has 8 unspecified atom stereocenters. The number of methoxy groups -OCH3 is 2. The van der Waals surface area contributed by atoms with E-state index in [1.54, 1.807) is 49.8 Å². The number of aliphatic carboxylic acids is 1. The van der Waals surface area contributed by atoms with Gasteiger partial charge in [-0.3, -0.25) is 19.2 Å². The summed E-state index contributed by atoms with van der Waals surface area (Å²) in [5, 5.41) is 15.3. The predicted octanol–water partition coefficient (Wildman–Crippen LogP) is 2.60. The Balaban J connectivity index is 2.26. The van der Waals surface area contributed by atoms with Gasteiger partial charge in [-0.15, -0.1) is 0 Å². The highest BCUT2D eigenvalue weighted by Gasteiger charge is 2.43. The number of hydrogen-bond acceptors (Lipinski definition) is 8. The third-order valence-corrected chi connectivity index (χ3v) is 9.96. The summed E-state index contributed by atoms with van der Waals surface area (Å²) < 4.78 is 11.8. The number of rotatable bonds is 19. The van der Waals surface area contributed by atoms with Crippen LogP contribution in [0.2, 0.25) is 0 Å². The van der Waals surface area contributed by atoms with Crippen molar-refractivity contribution >= 4 is 29.6 Å².